The van der Waals surface area contributed by atoms with Crippen molar-refractivity contribution in [2.45, 2.75) is 26.8 Å². The van der Waals surface area contributed by atoms with Crippen LogP contribution in [0.2, 0.25) is 5.02 Å². The molecule has 2 aromatic rings. The molecule has 6 heteroatoms. The molecule has 0 saturated carbocycles. The van der Waals surface area contributed by atoms with Crippen molar-refractivity contribution in [2.75, 3.05) is 5.32 Å². The maximum absolute atomic E-state index is 13.1. The average Bonchev–Trinajstić information content (AvgIpc) is 2.58. The Morgan fingerprint density at radius 1 is 1.12 bits per heavy atom. The standard InChI is InChI=1S/C20H20ClN3OS/c1-11-4-7-14(8-5-11)18-17(13(3)22-20(26)24-18)19(25)23-16-10-15(21)9-6-12(16)2/h4-10,18H,1-3H3,(H,23,25)(H2,22,24,26). The highest BCUT2D eigenvalue weighted by Gasteiger charge is 2.30. The van der Waals surface area contributed by atoms with Crippen LogP contribution in [0.4, 0.5) is 5.69 Å². The van der Waals surface area contributed by atoms with E-state index in [2.05, 4.69) is 16.0 Å². The SMILES string of the molecule is CC1=C(C(=O)Nc2cc(Cl)ccc2C)C(c2ccc(C)cc2)NC(=S)N1. The molecule has 0 saturated heterocycles. The summed E-state index contributed by atoms with van der Waals surface area (Å²) in [6.45, 7) is 5.81. The van der Waals surface area contributed by atoms with E-state index in [0.717, 1.165) is 22.4 Å². The normalized spacial score (nSPS) is 16.8. The van der Waals surface area contributed by atoms with E-state index in [9.17, 15) is 4.79 Å². The molecule has 0 aliphatic carbocycles. The first-order valence-corrected chi connectivity index (χ1v) is 9.06. The average molecular weight is 386 g/mol. The van der Waals surface area contributed by atoms with Gasteiger partial charge in [0.2, 0.25) is 0 Å². The molecule has 0 bridgehead atoms. The number of thiocarbonyl (C=S) groups is 1. The molecule has 134 valence electrons. The Bertz CT molecular complexity index is 906. The lowest BCUT2D eigenvalue weighted by Gasteiger charge is -2.30. The van der Waals surface area contributed by atoms with Crippen molar-refractivity contribution in [1.82, 2.24) is 10.6 Å². The fraction of sp³-hybridized carbons (Fsp3) is 0.200. The first-order valence-electron chi connectivity index (χ1n) is 8.27. The number of halogens is 1. The number of rotatable bonds is 3. The van der Waals surface area contributed by atoms with Crippen molar-refractivity contribution in [3.63, 3.8) is 0 Å². The van der Waals surface area contributed by atoms with E-state index in [4.69, 9.17) is 23.8 Å². The second-order valence-electron chi connectivity index (χ2n) is 6.39. The molecule has 0 fully saturated rings. The molecule has 1 heterocycles. The lowest BCUT2D eigenvalue weighted by atomic mass is 9.94. The van der Waals surface area contributed by atoms with Crippen molar-refractivity contribution in [3.8, 4) is 0 Å². The van der Waals surface area contributed by atoms with E-state index in [1.54, 1.807) is 12.1 Å². The molecule has 0 aromatic heterocycles. The van der Waals surface area contributed by atoms with Gasteiger partial charge in [-0.1, -0.05) is 47.5 Å². The molecule has 3 N–H and O–H groups in total. The molecule has 1 aliphatic rings. The molecular weight excluding hydrogens is 366 g/mol. The van der Waals surface area contributed by atoms with Gasteiger partial charge in [0.25, 0.3) is 5.91 Å². The zero-order valence-corrected chi connectivity index (χ0v) is 16.4. The third-order valence-electron chi connectivity index (χ3n) is 4.37. The highest BCUT2D eigenvalue weighted by molar-refractivity contribution is 7.80. The number of carbonyl (C=O) groups is 1. The van der Waals surface area contributed by atoms with Crippen LogP contribution in [0.1, 0.15) is 29.7 Å². The second-order valence-corrected chi connectivity index (χ2v) is 7.24. The molecule has 1 unspecified atom stereocenters. The summed E-state index contributed by atoms with van der Waals surface area (Å²) in [5.74, 6) is -0.194. The Balaban J connectivity index is 1.96. The summed E-state index contributed by atoms with van der Waals surface area (Å²) < 4.78 is 0. The predicted octanol–water partition coefficient (Wildman–Crippen LogP) is 4.39. The number of carbonyl (C=O) groups excluding carboxylic acids is 1. The quantitative estimate of drug-likeness (QED) is 0.686. The Hall–Kier alpha value is -2.37. The first kappa shape index (κ1) is 18.4. The maximum atomic E-state index is 13.1. The Morgan fingerprint density at radius 2 is 1.81 bits per heavy atom. The summed E-state index contributed by atoms with van der Waals surface area (Å²) in [5, 5.41) is 10.3. The van der Waals surface area contributed by atoms with Crippen LogP contribution in [0.25, 0.3) is 0 Å². The summed E-state index contributed by atoms with van der Waals surface area (Å²) in [6, 6.07) is 13.2. The minimum absolute atomic E-state index is 0.194. The van der Waals surface area contributed by atoms with E-state index >= 15 is 0 Å². The fourth-order valence-corrected chi connectivity index (χ4v) is 3.37. The highest BCUT2D eigenvalue weighted by Crippen LogP contribution is 2.29. The zero-order chi connectivity index (χ0) is 18.8. The molecule has 1 amide bonds. The molecule has 4 nitrogen and oxygen atoms in total. The predicted molar refractivity (Wildman–Crippen MR) is 110 cm³/mol. The van der Waals surface area contributed by atoms with Crippen molar-refractivity contribution >= 4 is 40.5 Å². The largest absolute Gasteiger partial charge is 0.351 e. The third-order valence-corrected chi connectivity index (χ3v) is 4.83. The van der Waals surface area contributed by atoms with Crippen LogP contribution < -0.4 is 16.0 Å². The van der Waals surface area contributed by atoms with Gasteiger partial charge in [-0.15, -0.1) is 0 Å². The van der Waals surface area contributed by atoms with Crippen molar-refractivity contribution in [2.24, 2.45) is 0 Å². The Kier molecular flexibility index (Phi) is 5.30. The number of anilines is 1. The first-order chi connectivity index (χ1) is 12.3. The summed E-state index contributed by atoms with van der Waals surface area (Å²) in [7, 11) is 0. The molecule has 26 heavy (non-hydrogen) atoms. The van der Waals surface area contributed by atoms with Crippen molar-refractivity contribution < 1.29 is 4.79 Å². The molecular formula is C20H20ClN3OS. The van der Waals surface area contributed by atoms with E-state index in [-0.39, 0.29) is 11.9 Å². The number of allylic oxidation sites excluding steroid dienone is 1. The lowest BCUT2D eigenvalue weighted by molar-refractivity contribution is -0.113. The molecule has 1 atom stereocenters. The van der Waals surface area contributed by atoms with E-state index in [0.29, 0.717) is 21.4 Å². The number of nitrogens with one attached hydrogen (secondary N) is 3. The van der Waals surface area contributed by atoms with Crippen LogP contribution in [-0.4, -0.2) is 11.0 Å². The van der Waals surface area contributed by atoms with Crippen LogP contribution in [0, 0.1) is 13.8 Å². The minimum Gasteiger partial charge on any atom is -0.351 e. The summed E-state index contributed by atoms with van der Waals surface area (Å²) >= 11 is 11.4. The monoisotopic (exact) mass is 385 g/mol. The lowest BCUT2D eigenvalue weighted by Crippen LogP contribution is -2.45. The topological polar surface area (TPSA) is 53.2 Å². The van der Waals surface area contributed by atoms with Crippen LogP contribution in [-0.2, 0) is 4.79 Å². The van der Waals surface area contributed by atoms with Crippen molar-refractivity contribution in [3.05, 3.63) is 75.4 Å². The van der Waals surface area contributed by atoms with Gasteiger partial charge < -0.3 is 16.0 Å². The van der Waals surface area contributed by atoms with Gasteiger partial charge in [0, 0.05) is 16.4 Å². The van der Waals surface area contributed by atoms with Crippen LogP contribution in [0.15, 0.2) is 53.7 Å². The summed E-state index contributed by atoms with van der Waals surface area (Å²) in [5.41, 5.74) is 5.11. The van der Waals surface area contributed by atoms with Gasteiger partial charge in [-0.2, -0.15) is 0 Å². The third kappa shape index (κ3) is 3.89. The highest BCUT2D eigenvalue weighted by atomic mass is 35.5. The Morgan fingerprint density at radius 3 is 2.50 bits per heavy atom. The smallest absolute Gasteiger partial charge is 0.255 e. The van der Waals surface area contributed by atoms with Gasteiger partial charge in [-0.05, 0) is 56.2 Å². The van der Waals surface area contributed by atoms with Gasteiger partial charge in [0.15, 0.2) is 5.11 Å². The molecule has 0 radical (unpaired) electrons. The van der Waals surface area contributed by atoms with Crippen LogP contribution in [0.5, 0.6) is 0 Å². The van der Waals surface area contributed by atoms with Gasteiger partial charge in [0.1, 0.15) is 0 Å². The van der Waals surface area contributed by atoms with Crippen LogP contribution >= 0.6 is 23.8 Å². The van der Waals surface area contributed by atoms with Crippen LogP contribution in [0.3, 0.4) is 0 Å². The molecule has 0 spiro atoms. The molecule has 2 aromatic carbocycles. The van der Waals surface area contributed by atoms with Gasteiger partial charge in [0.05, 0.1) is 11.6 Å². The van der Waals surface area contributed by atoms with E-state index in [1.807, 2.05) is 51.1 Å². The minimum atomic E-state index is -0.316. The summed E-state index contributed by atoms with van der Waals surface area (Å²) in [4.78, 5) is 13.1. The molecule has 3 rings (SSSR count). The number of benzene rings is 2. The number of hydrogen-bond acceptors (Lipinski definition) is 2. The number of amides is 1. The Labute approximate surface area is 163 Å². The van der Waals surface area contributed by atoms with Gasteiger partial charge in [-0.25, -0.2) is 0 Å². The van der Waals surface area contributed by atoms with E-state index in [1.165, 1.54) is 0 Å². The van der Waals surface area contributed by atoms with Crippen molar-refractivity contribution in [1.29, 1.82) is 0 Å². The second kappa shape index (κ2) is 7.48. The maximum Gasteiger partial charge on any atom is 0.255 e. The fourth-order valence-electron chi connectivity index (χ4n) is 2.92. The number of hydrogen-bond donors (Lipinski definition) is 3. The zero-order valence-electron chi connectivity index (χ0n) is 14.8. The summed E-state index contributed by atoms with van der Waals surface area (Å²) in [6.07, 6.45) is 0. The number of aryl methyl sites for hydroxylation is 2. The van der Waals surface area contributed by atoms with E-state index < -0.39 is 0 Å². The van der Waals surface area contributed by atoms with Gasteiger partial charge in [-0.3, -0.25) is 4.79 Å². The van der Waals surface area contributed by atoms with Gasteiger partial charge >= 0.3 is 0 Å². The molecule has 1 aliphatic heterocycles.